The molecular weight excluding hydrogens is 414 g/mol. The van der Waals surface area contributed by atoms with Crippen LogP contribution in [0.15, 0.2) is 78.4 Å². The molecule has 33 heavy (non-hydrogen) atoms. The molecule has 0 radical (unpaired) electrons. The van der Waals surface area contributed by atoms with E-state index in [1.807, 2.05) is 56.3 Å². The van der Waals surface area contributed by atoms with Crippen molar-refractivity contribution < 1.29 is 14.6 Å². The number of nitriles is 1. The average molecular weight is 442 g/mol. The second kappa shape index (κ2) is 11.4. The molecule has 0 aliphatic carbocycles. The fourth-order valence-corrected chi connectivity index (χ4v) is 3.32. The maximum Gasteiger partial charge on any atom is 0.266 e. The molecule has 1 amide bonds. The van der Waals surface area contributed by atoms with E-state index < -0.39 is 5.91 Å². The molecule has 3 rings (SSSR count). The number of rotatable bonds is 9. The summed E-state index contributed by atoms with van der Waals surface area (Å²) in [6.07, 6.45) is 1.38. The molecule has 0 atom stereocenters. The number of carbonyl (C=O) groups is 1. The monoisotopic (exact) mass is 441 g/mol. The van der Waals surface area contributed by atoms with Crippen LogP contribution in [0.3, 0.4) is 0 Å². The third-order valence-corrected chi connectivity index (χ3v) is 5.17. The zero-order valence-corrected chi connectivity index (χ0v) is 18.8. The second-order valence-electron chi connectivity index (χ2n) is 7.34. The molecule has 168 valence electrons. The van der Waals surface area contributed by atoms with Crippen LogP contribution in [0.1, 0.15) is 25.0 Å². The van der Waals surface area contributed by atoms with Crippen molar-refractivity contribution in [3.63, 3.8) is 0 Å². The van der Waals surface area contributed by atoms with Crippen LogP contribution in [0.5, 0.6) is 11.5 Å². The molecule has 0 aromatic heterocycles. The highest BCUT2D eigenvalue weighted by molar-refractivity contribution is 6.09. The molecular formula is C27H27N3O3. The number of benzene rings is 3. The molecule has 0 aliphatic rings. The van der Waals surface area contributed by atoms with Crippen LogP contribution in [0.2, 0.25) is 0 Å². The van der Waals surface area contributed by atoms with Crippen LogP contribution >= 0.6 is 0 Å². The molecule has 6 heteroatoms. The highest BCUT2D eigenvalue weighted by Crippen LogP contribution is 2.27. The largest absolute Gasteiger partial charge is 0.507 e. The highest BCUT2D eigenvalue weighted by Gasteiger charge is 2.12. The van der Waals surface area contributed by atoms with Crippen molar-refractivity contribution in [2.75, 3.05) is 23.3 Å². The summed E-state index contributed by atoms with van der Waals surface area (Å²) in [7, 11) is 0. The maximum atomic E-state index is 12.6. The van der Waals surface area contributed by atoms with Gasteiger partial charge in [-0.2, -0.15) is 5.26 Å². The van der Waals surface area contributed by atoms with Gasteiger partial charge in [-0.3, -0.25) is 4.79 Å². The van der Waals surface area contributed by atoms with E-state index in [4.69, 9.17) is 4.74 Å². The molecule has 0 heterocycles. The number of nitrogens with one attached hydrogen (secondary N) is 1. The number of ether oxygens (including phenoxy) is 1. The zero-order chi connectivity index (χ0) is 23.6. The predicted octanol–water partition coefficient (Wildman–Crippen LogP) is 5.36. The van der Waals surface area contributed by atoms with Crippen molar-refractivity contribution in [2.45, 2.75) is 20.5 Å². The summed E-state index contributed by atoms with van der Waals surface area (Å²) in [4.78, 5) is 14.7. The minimum atomic E-state index is -0.553. The topological polar surface area (TPSA) is 85.6 Å². The molecule has 0 fully saturated rings. The normalized spacial score (nSPS) is 10.9. The van der Waals surface area contributed by atoms with Gasteiger partial charge in [0.25, 0.3) is 5.91 Å². The zero-order valence-electron chi connectivity index (χ0n) is 18.8. The molecule has 6 nitrogen and oxygen atoms in total. The molecule has 3 aromatic carbocycles. The molecule has 0 unspecified atom stereocenters. The third-order valence-electron chi connectivity index (χ3n) is 5.17. The van der Waals surface area contributed by atoms with Gasteiger partial charge >= 0.3 is 0 Å². The van der Waals surface area contributed by atoms with Crippen molar-refractivity contribution in [3.05, 3.63) is 89.5 Å². The maximum absolute atomic E-state index is 12.6. The number of amides is 1. The predicted molar refractivity (Wildman–Crippen MR) is 131 cm³/mol. The highest BCUT2D eigenvalue weighted by atomic mass is 16.5. The van der Waals surface area contributed by atoms with Gasteiger partial charge in [0.05, 0.1) is 0 Å². The Morgan fingerprint density at radius 3 is 2.36 bits per heavy atom. The molecule has 0 bridgehead atoms. The van der Waals surface area contributed by atoms with Crippen molar-refractivity contribution in [2.24, 2.45) is 0 Å². The fraction of sp³-hybridized carbons (Fsp3) is 0.185. The molecule has 2 N–H and O–H groups in total. The van der Waals surface area contributed by atoms with E-state index in [1.165, 1.54) is 6.08 Å². The number of carbonyl (C=O) groups excluding carboxylic acids is 1. The summed E-state index contributed by atoms with van der Waals surface area (Å²) in [6.45, 7) is 6.15. The number of phenols is 1. The minimum absolute atomic E-state index is 0.0138. The van der Waals surface area contributed by atoms with Gasteiger partial charge in [-0.15, -0.1) is 0 Å². The van der Waals surface area contributed by atoms with Gasteiger partial charge < -0.3 is 20.1 Å². The summed E-state index contributed by atoms with van der Waals surface area (Å²) in [5, 5.41) is 22.6. The Balaban J connectivity index is 1.66. The van der Waals surface area contributed by atoms with Gasteiger partial charge in [0.1, 0.15) is 29.7 Å². The molecule has 3 aromatic rings. The average Bonchev–Trinajstić information content (AvgIpc) is 2.84. The Bertz CT molecular complexity index is 1150. The molecule has 0 spiro atoms. The van der Waals surface area contributed by atoms with E-state index in [-0.39, 0.29) is 11.3 Å². The summed E-state index contributed by atoms with van der Waals surface area (Å²) >= 11 is 0. The van der Waals surface area contributed by atoms with E-state index in [1.54, 1.807) is 36.4 Å². The van der Waals surface area contributed by atoms with Gasteiger partial charge in [0.15, 0.2) is 0 Å². The van der Waals surface area contributed by atoms with E-state index in [0.29, 0.717) is 23.6 Å². The smallest absolute Gasteiger partial charge is 0.266 e. The fourth-order valence-electron chi connectivity index (χ4n) is 3.32. The molecule has 0 saturated carbocycles. The minimum Gasteiger partial charge on any atom is -0.507 e. The Hall–Kier alpha value is -4.24. The van der Waals surface area contributed by atoms with E-state index in [0.717, 1.165) is 24.3 Å². The van der Waals surface area contributed by atoms with E-state index in [9.17, 15) is 15.2 Å². The first-order valence-corrected chi connectivity index (χ1v) is 10.8. The van der Waals surface area contributed by atoms with E-state index in [2.05, 4.69) is 10.2 Å². The lowest BCUT2D eigenvalue weighted by Crippen LogP contribution is -2.21. The summed E-state index contributed by atoms with van der Waals surface area (Å²) in [5.74, 6) is 0.133. The Morgan fingerprint density at radius 2 is 1.76 bits per heavy atom. The second-order valence-corrected chi connectivity index (χ2v) is 7.34. The quantitative estimate of drug-likeness (QED) is 0.345. The lowest BCUT2D eigenvalue weighted by Gasteiger charge is -2.21. The summed E-state index contributed by atoms with van der Waals surface area (Å²) < 4.78 is 5.75. The summed E-state index contributed by atoms with van der Waals surface area (Å²) in [6, 6.07) is 23.9. The van der Waals surface area contributed by atoms with Gasteiger partial charge in [-0.05, 0) is 61.9 Å². The summed E-state index contributed by atoms with van der Waals surface area (Å²) in [5.41, 5.74) is 2.78. The number of anilines is 2. The van der Waals surface area contributed by atoms with Crippen molar-refractivity contribution in [1.82, 2.24) is 0 Å². The molecule has 0 aliphatic heterocycles. The Kier molecular flexibility index (Phi) is 8.09. The SMILES string of the molecule is CCN(CC)c1ccc(/C=C(\C#N)C(=O)Nc2ccc(OCc3ccccc3)cc2)c(O)c1. The van der Waals surface area contributed by atoms with Crippen LogP contribution in [0.25, 0.3) is 6.08 Å². The lowest BCUT2D eigenvalue weighted by molar-refractivity contribution is -0.112. The van der Waals surface area contributed by atoms with E-state index >= 15 is 0 Å². The number of aromatic hydroxyl groups is 1. The van der Waals surface area contributed by atoms with Gasteiger partial charge in [-0.1, -0.05) is 30.3 Å². The number of phenolic OH excluding ortho intramolecular Hbond substituents is 1. The van der Waals surface area contributed by atoms with Gasteiger partial charge in [-0.25, -0.2) is 0 Å². The third kappa shape index (κ3) is 6.37. The standard InChI is InChI=1S/C27H27N3O3/c1-3-30(4-2)24-13-10-21(26(31)17-24)16-22(18-28)27(32)29-23-11-14-25(15-12-23)33-19-20-8-6-5-7-9-20/h5-17,31H,3-4,19H2,1-2H3,(H,29,32)/b22-16+. The van der Waals surface area contributed by atoms with Crippen LogP contribution in [0, 0.1) is 11.3 Å². The first-order valence-electron chi connectivity index (χ1n) is 10.8. The first kappa shape index (κ1) is 23.4. The number of hydrogen-bond acceptors (Lipinski definition) is 5. The van der Waals surface area contributed by atoms with Crippen LogP contribution in [0.4, 0.5) is 11.4 Å². The Labute approximate surface area is 194 Å². The lowest BCUT2D eigenvalue weighted by atomic mass is 10.1. The van der Waals surface area contributed by atoms with Gasteiger partial charge in [0, 0.05) is 36.1 Å². The Morgan fingerprint density at radius 1 is 1.06 bits per heavy atom. The first-order chi connectivity index (χ1) is 16.0. The molecule has 0 saturated heterocycles. The van der Waals surface area contributed by atoms with Crippen LogP contribution in [-0.4, -0.2) is 24.1 Å². The number of hydrogen-bond donors (Lipinski definition) is 2. The van der Waals surface area contributed by atoms with Crippen LogP contribution < -0.4 is 15.0 Å². The van der Waals surface area contributed by atoms with Crippen molar-refractivity contribution in [1.29, 1.82) is 5.26 Å². The van der Waals surface area contributed by atoms with Crippen molar-refractivity contribution in [3.8, 4) is 17.6 Å². The van der Waals surface area contributed by atoms with Crippen molar-refractivity contribution >= 4 is 23.4 Å². The van der Waals surface area contributed by atoms with Gasteiger partial charge in [0.2, 0.25) is 0 Å². The van der Waals surface area contributed by atoms with Crippen LogP contribution in [-0.2, 0) is 11.4 Å². The number of nitrogens with zero attached hydrogens (tertiary/aromatic N) is 2.